The van der Waals surface area contributed by atoms with Crippen LogP contribution in [0.5, 0.6) is 23.0 Å². The van der Waals surface area contributed by atoms with Crippen molar-refractivity contribution < 1.29 is 18.8 Å². The van der Waals surface area contributed by atoms with Crippen LogP contribution in [-0.4, -0.2) is 20.9 Å². The lowest BCUT2D eigenvalue weighted by atomic mass is 10.2. The monoisotopic (exact) mass is 398 g/mol. The van der Waals surface area contributed by atoms with Crippen LogP contribution in [-0.2, 0) is 0 Å². The quantitative estimate of drug-likeness (QED) is 0.245. The van der Waals surface area contributed by atoms with Crippen LogP contribution in [0.15, 0.2) is 48.5 Å². The molecule has 29 heavy (non-hydrogen) atoms. The fourth-order valence-corrected chi connectivity index (χ4v) is 2.87. The van der Waals surface area contributed by atoms with Crippen LogP contribution in [0, 0.1) is 0 Å². The van der Waals surface area contributed by atoms with E-state index in [4.69, 9.17) is 18.8 Å². The molecule has 158 valence electrons. The van der Waals surface area contributed by atoms with Crippen molar-refractivity contribution in [3.8, 4) is 23.0 Å². The maximum absolute atomic E-state index is 5.74. The molecular weight excluding hydrogens is 363 g/mol. The van der Waals surface area contributed by atoms with Gasteiger partial charge in [0.1, 0.15) is 23.0 Å². The summed E-state index contributed by atoms with van der Waals surface area (Å²) in [6, 6.07) is 15.3. The van der Waals surface area contributed by atoms with Gasteiger partial charge in [-0.1, -0.05) is 52.4 Å². The summed E-state index contributed by atoms with van der Waals surface area (Å²) in [5.74, 6) is 3.27. The SMILES string of the molecule is CCCCCCOc1ccc(OBOc2ccc(OCCCCCC)cc2)cc1. The zero-order valence-corrected chi connectivity index (χ0v) is 18.0. The first kappa shape index (κ1) is 23.0. The highest BCUT2D eigenvalue weighted by molar-refractivity contribution is 6.20. The first-order chi connectivity index (χ1) is 14.3. The first-order valence-electron chi connectivity index (χ1n) is 11.0. The number of ether oxygens (including phenoxy) is 2. The lowest BCUT2D eigenvalue weighted by Crippen LogP contribution is -2.10. The van der Waals surface area contributed by atoms with Gasteiger partial charge in [0.05, 0.1) is 13.2 Å². The van der Waals surface area contributed by atoms with E-state index in [1.54, 1.807) is 0 Å². The van der Waals surface area contributed by atoms with Crippen molar-refractivity contribution in [2.45, 2.75) is 65.2 Å². The molecule has 4 nitrogen and oxygen atoms in total. The minimum Gasteiger partial charge on any atom is -0.529 e. The van der Waals surface area contributed by atoms with Gasteiger partial charge in [-0.2, -0.15) is 0 Å². The average Bonchev–Trinajstić information content (AvgIpc) is 2.75. The van der Waals surface area contributed by atoms with E-state index in [-0.39, 0.29) is 7.69 Å². The van der Waals surface area contributed by atoms with Crippen LogP contribution in [0.3, 0.4) is 0 Å². The molecule has 0 radical (unpaired) electrons. The molecular formula is C24H35BO4. The Morgan fingerprint density at radius 2 is 0.897 bits per heavy atom. The van der Waals surface area contributed by atoms with Gasteiger partial charge in [0.15, 0.2) is 0 Å². The maximum atomic E-state index is 5.74. The molecule has 0 saturated carbocycles. The van der Waals surface area contributed by atoms with Crippen LogP contribution in [0.25, 0.3) is 0 Å². The molecule has 0 fully saturated rings. The van der Waals surface area contributed by atoms with E-state index >= 15 is 0 Å². The van der Waals surface area contributed by atoms with E-state index in [0.717, 1.165) is 49.1 Å². The normalized spacial score (nSPS) is 10.4. The van der Waals surface area contributed by atoms with Gasteiger partial charge in [-0.3, -0.25) is 0 Å². The number of unbranched alkanes of at least 4 members (excludes halogenated alkanes) is 6. The second-order valence-electron chi connectivity index (χ2n) is 7.17. The summed E-state index contributed by atoms with van der Waals surface area (Å²) in [4.78, 5) is 0. The smallest absolute Gasteiger partial charge is 0.529 e. The third-order valence-corrected chi connectivity index (χ3v) is 4.63. The van der Waals surface area contributed by atoms with Gasteiger partial charge in [-0.05, 0) is 61.4 Å². The summed E-state index contributed by atoms with van der Waals surface area (Å²) in [6.45, 7) is 5.95. The highest BCUT2D eigenvalue weighted by Crippen LogP contribution is 2.20. The number of hydrogen-bond donors (Lipinski definition) is 0. The molecule has 0 heterocycles. The molecule has 0 unspecified atom stereocenters. The van der Waals surface area contributed by atoms with Gasteiger partial charge >= 0.3 is 7.69 Å². The predicted molar refractivity (Wildman–Crippen MR) is 121 cm³/mol. The van der Waals surface area contributed by atoms with E-state index in [1.807, 2.05) is 48.5 Å². The molecule has 2 aromatic carbocycles. The Kier molecular flexibility index (Phi) is 11.6. The third-order valence-electron chi connectivity index (χ3n) is 4.63. The van der Waals surface area contributed by atoms with Crippen molar-refractivity contribution in [1.82, 2.24) is 0 Å². The van der Waals surface area contributed by atoms with Crippen molar-refractivity contribution >= 4 is 7.69 Å². The Morgan fingerprint density at radius 3 is 1.28 bits per heavy atom. The lowest BCUT2D eigenvalue weighted by molar-refractivity contribution is 0.304. The second kappa shape index (κ2) is 14.7. The summed E-state index contributed by atoms with van der Waals surface area (Å²) < 4.78 is 22.8. The van der Waals surface area contributed by atoms with Gasteiger partial charge in [-0.15, -0.1) is 0 Å². The van der Waals surface area contributed by atoms with Crippen molar-refractivity contribution in [3.05, 3.63) is 48.5 Å². The topological polar surface area (TPSA) is 36.9 Å². The Bertz CT molecular complexity index is 585. The van der Waals surface area contributed by atoms with Gasteiger partial charge in [-0.25, -0.2) is 0 Å². The van der Waals surface area contributed by atoms with Crippen LogP contribution < -0.4 is 18.8 Å². The second-order valence-corrected chi connectivity index (χ2v) is 7.17. The van der Waals surface area contributed by atoms with E-state index in [1.165, 1.54) is 38.5 Å². The average molecular weight is 398 g/mol. The van der Waals surface area contributed by atoms with Crippen molar-refractivity contribution in [3.63, 3.8) is 0 Å². The summed E-state index contributed by atoms with van der Waals surface area (Å²) in [5.41, 5.74) is 0. The van der Waals surface area contributed by atoms with E-state index in [9.17, 15) is 0 Å². The molecule has 0 amide bonds. The van der Waals surface area contributed by atoms with Crippen LogP contribution in [0.2, 0.25) is 0 Å². The molecule has 2 aromatic rings. The number of benzene rings is 2. The third kappa shape index (κ3) is 10.2. The highest BCUT2D eigenvalue weighted by Gasteiger charge is 2.02. The zero-order chi connectivity index (χ0) is 20.6. The standard InChI is InChI=1S/C24H35BO4/c1-3-5-7-9-19-26-21-11-15-23(16-12-21)28-25-29-24-17-13-22(14-18-24)27-20-10-8-6-4-2/h11-18,25H,3-10,19-20H2,1-2H3. The summed E-state index contributed by atoms with van der Waals surface area (Å²) in [5, 5.41) is 0. The fourth-order valence-electron chi connectivity index (χ4n) is 2.87. The molecule has 0 aliphatic rings. The van der Waals surface area contributed by atoms with Crippen LogP contribution in [0.4, 0.5) is 0 Å². The zero-order valence-electron chi connectivity index (χ0n) is 18.0. The van der Waals surface area contributed by atoms with E-state index < -0.39 is 0 Å². The molecule has 2 rings (SSSR count). The van der Waals surface area contributed by atoms with E-state index in [2.05, 4.69) is 13.8 Å². The number of rotatable bonds is 16. The largest absolute Gasteiger partial charge is 0.576 e. The minimum absolute atomic E-state index is 0.161. The molecule has 0 aromatic heterocycles. The lowest BCUT2D eigenvalue weighted by Gasteiger charge is -2.10. The van der Waals surface area contributed by atoms with Gasteiger partial charge in [0.2, 0.25) is 0 Å². The summed E-state index contributed by atoms with van der Waals surface area (Å²) >= 11 is 0. The summed E-state index contributed by atoms with van der Waals surface area (Å²) in [7, 11) is 0.161. The number of hydrogen-bond acceptors (Lipinski definition) is 4. The van der Waals surface area contributed by atoms with Gasteiger partial charge < -0.3 is 18.8 Å². The van der Waals surface area contributed by atoms with Crippen LogP contribution >= 0.6 is 0 Å². The molecule has 0 N–H and O–H groups in total. The Balaban J connectivity index is 1.61. The molecule has 0 saturated heterocycles. The van der Waals surface area contributed by atoms with Crippen molar-refractivity contribution in [2.24, 2.45) is 0 Å². The Labute approximate surface area is 176 Å². The van der Waals surface area contributed by atoms with Crippen molar-refractivity contribution in [2.75, 3.05) is 13.2 Å². The van der Waals surface area contributed by atoms with Crippen LogP contribution in [0.1, 0.15) is 65.2 Å². The first-order valence-corrected chi connectivity index (χ1v) is 11.0. The molecule has 0 spiro atoms. The fraction of sp³-hybridized carbons (Fsp3) is 0.500. The highest BCUT2D eigenvalue weighted by atomic mass is 16.6. The minimum atomic E-state index is 0.161. The molecule has 5 heteroatoms. The van der Waals surface area contributed by atoms with Crippen molar-refractivity contribution in [1.29, 1.82) is 0 Å². The van der Waals surface area contributed by atoms with Gasteiger partial charge in [0.25, 0.3) is 0 Å². The molecule has 0 aliphatic carbocycles. The molecule has 0 atom stereocenters. The predicted octanol–water partition coefficient (Wildman–Crippen LogP) is 6.33. The molecule has 0 bridgehead atoms. The van der Waals surface area contributed by atoms with E-state index in [0.29, 0.717) is 0 Å². The Hall–Kier alpha value is -2.30. The Morgan fingerprint density at radius 1 is 0.517 bits per heavy atom. The molecule has 0 aliphatic heterocycles. The maximum Gasteiger partial charge on any atom is 0.576 e. The summed E-state index contributed by atoms with van der Waals surface area (Å²) in [6.07, 6.45) is 9.67. The van der Waals surface area contributed by atoms with Gasteiger partial charge in [0, 0.05) is 0 Å².